The van der Waals surface area contributed by atoms with Crippen LogP contribution in [0.25, 0.3) is 0 Å². The lowest BCUT2D eigenvalue weighted by molar-refractivity contribution is 0.576. The van der Waals surface area contributed by atoms with E-state index in [1.165, 1.54) is 12.1 Å². The Bertz CT molecular complexity index is 474. The molecule has 0 saturated heterocycles. The molecule has 0 spiro atoms. The molecule has 0 bridgehead atoms. The minimum atomic E-state index is -3.68. The van der Waals surface area contributed by atoms with Crippen LogP contribution in [-0.2, 0) is 10.0 Å². The van der Waals surface area contributed by atoms with Crippen LogP contribution in [0.1, 0.15) is 12.5 Å². The second-order valence-corrected chi connectivity index (χ2v) is 6.02. The molecule has 1 rings (SSSR count). The van der Waals surface area contributed by atoms with Crippen LogP contribution in [-0.4, -0.2) is 20.3 Å². The van der Waals surface area contributed by atoms with Crippen LogP contribution >= 0.6 is 11.6 Å². The molecule has 0 aliphatic heterocycles. The van der Waals surface area contributed by atoms with Gasteiger partial charge >= 0.3 is 0 Å². The van der Waals surface area contributed by atoms with E-state index in [0.717, 1.165) is 6.07 Å². The highest BCUT2D eigenvalue weighted by molar-refractivity contribution is 7.89. The summed E-state index contributed by atoms with van der Waals surface area (Å²) >= 11 is 5.64. The van der Waals surface area contributed by atoms with Crippen LogP contribution < -0.4 is 4.72 Å². The Balaban J connectivity index is 3.02. The van der Waals surface area contributed by atoms with Crippen molar-refractivity contribution in [2.45, 2.75) is 24.1 Å². The Hall–Kier alpha value is -0.650. The maximum Gasteiger partial charge on any atom is 0.240 e. The van der Waals surface area contributed by atoms with Crippen molar-refractivity contribution in [2.75, 3.05) is 6.54 Å². The van der Waals surface area contributed by atoms with E-state index in [0.29, 0.717) is 5.56 Å². The lowest BCUT2D eigenvalue weighted by Gasteiger charge is -2.10. The molecule has 0 aliphatic carbocycles. The van der Waals surface area contributed by atoms with Gasteiger partial charge in [0.15, 0.2) is 0 Å². The van der Waals surface area contributed by atoms with Crippen molar-refractivity contribution in [1.29, 1.82) is 0 Å². The van der Waals surface area contributed by atoms with E-state index in [9.17, 15) is 12.8 Å². The lowest BCUT2D eigenvalue weighted by Crippen LogP contribution is -2.29. The fourth-order valence-corrected chi connectivity index (χ4v) is 2.72. The summed E-state index contributed by atoms with van der Waals surface area (Å²) in [6, 6.07) is 3.64. The van der Waals surface area contributed by atoms with Crippen LogP contribution in [0.3, 0.4) is 0 Å². The minimum Gasteiger partial charge on any atom is -0.210 e. The van der Waals surface area contributed by atoms with Crippen LogP contribution in [0.4, 0.5) is 4.39 Å². The third-order valence-electron chi connectivity index (χ3n) is 1.99. The van der Waals surface area contributed by atoms with E-state index < -0.39 is 15.8 Å². The van der Waals surface area contributed by atoms with Crippen molar-refractivity contribution >= 4 is 21.6 Å². The highest BCUT2D eigenvalue weighted by Crippen LogP contribution is 2.16. The molecule has 1 N–H and O–H groups in total. The summed E-state index contributed by atoms with van der Waals surface area (Å²) in [6.45, 7) is 3.39. The quantitative estimate of drug-likeness (QED) is 0.847. The first-order valence-corrected chi connectivity index (χ1v) is 6.65. The third kappa shape index (κ3) is 3.43. The molecule has 16 heavy (non-hydrogen) atoms. The third-order valence-corrected chi connectivity index (χ3v) is 3.71. The van der Waals surface area contributed by atoms with Crippen molar-refractivity contribution in [1.82, 2.24) is 4.72 Å². The molecule has 1 unspecified atom stereocenters. The number of alkyl halides is 1. The zero-order chi connectivity index (χ0) is 12.3. The predicted molar refractivity (Wildman–Crippen MR) is 61.6 cm³/mol. The van der Waals surface area contributed by atoms with Gasteiger partial charge in [0.1, 0.15) is 5.82 Å². The van der Waals surface area contributed by atoms with E-state index >= 15 is 0 Å². The van der Waals surface area contributed by atoms with Crippen LogP contribution in [0.15, 0.2) is 23.1 Å². The van der Waals surface area contributed by atoms with Gasteiger partial charge in [0.05, 0.1) is 4.90 Å². The minimum absolute atomic E-state index is 0.0511. The topological polar surface area (TPSA) is 46.2 Å². The molecule has 0 aromatic heterocycles. The van der Waals surface area contributed by atoms with Gasteiger partial charge in [-0.3, -0.25) is 0 Å². The number of aryl methyl sites for hydroxylation is 1. The van der Waals surface area contributed by atoms with E-state index in [-0.39, 0.29) is 16.8 Å². The van der Waals surface area contributed by atoms with Crippen molar-refractivity contribution in [2.24, 2.45) is 0 Å². The van der Waals surface area contributed by atoms with Gasteiger partial charge in [0, 0.05) is 11.9 Å². The van der Waals surface area contributed by atoms with Gasteiger partial charge < -0.3 is 0 Å². The summed E-state index contributed by atoms with van der Waals surface area (Å²) < 4.78 is 38.8. The van der Waals surface area contributed by atoms with E-state index in [1.54, 1.807) is 13.8 Å². The Morgan fingerprint density at radius 3 is 2.69 bits per heavy atom. The second-order valence-electron chi connectivity index (χ2n) is 3.54. The second kappa shape index (κ2) is 5.12. The van der Waals surface area contributed by atoms with Crippen LogP contribution in [0.2, 0.25) is 0 Å². The van der Waals surface area contributed by atoms with Gasteiger partial charge in [0.25, 0.3) is 0 Å². The van der Waals surface area contributed by atoms with E-state index in [1.807, 2.05) is 0 Å². The molecule has 0 radical (unpaired) electrons. The Kier molecular flexibility index (Phi) is 4.29. The van der Waals surface area contributed by atoms with Gasteiger partial charge in [-0.2, -0.15) is 0 Å². The molecule has 1 aromatic carbocycles. The van der Waals surface area contributed by atoms with Gasteiger partial charge in [-0.05, 0) is 31.5 Å². The first kappa shape index (κ1) is 13.4. The average Bonchev–Trinajstić information content (AvgIpc) is 2.19. The van der Waals surface area contributed by atoms with Crippen molar-refractivity contribution in [3.8, 4) is 0 Å². The van der Waals surface area contributed by atoms with E-state index in [4.69, 9.17) is 11.6 Å². The van der Waals surface area contributed by atoms with Crippen molar-refractivity contribution < 1.29 is 12.8 Å². The number of rotatable bonds is 4. The first-order chi connectivity index (χ1) is 7.33. The van der Waals surface area contributed by atoms with Gasteiger partial charge in [-0.15, -0.1) is 11.6 Å². The van der Waals surface area contributed by atoms with Crippen molar-refractivity contribution in [3.63, 3.8) is 0 Å². The van der Waals surface area contributed by atoms with Gasteiger partial charge in [-0.1, -0.05) is 6.07 Å². The molecule has 1 aromatic rings. The zero-order valence-corrected chi connectivity index (χ0v) is 10.6. The summed E-state index contributed by atoms with van der Waals surface area (Å²) in [4.78, 5) is -0.0511. The molecule has 6 heteroatoms. The maximum absolute atomic E-state index is 13.0. The summed E-state index contributed by atoms with van der Waals surface area (Å²) in [6.07, 6.45) is 0. The fourth-order valence-electron chi connectivity index (χ4n) is 1.17. The molecule has 3 nitrogen and oxygen atoms in total. The number of benzene rings is 1. The molecule has 0 fully saturated rings. The molecule has 1 atom stereocenters. The monoisotopic (exact) mass is 265 g/mol. The summed E-state index contributed by atoms with van der Waals surface area (Å²) in [5.41, 5.74) is 0.496. The predicted octanol–water partition coefficient (Wildman–Crippen LogP) is 2.04. The first-order valence-electron chi connectivity index (χ1n) is 4.73. The molecule has 0 heterocycles. The molecule has 0 saturated carbocycles. The van der Waals surface area contributed by atoms with Crippen LogP contribution in [0, 0.1) is 12.7 Å². The number of halogens is 2. The largest absolute Gasteiger partial charge is 0.240 e. The van der Waals surface area contributed by atoms with Gasteiger partial charge in [0.2, 0.25) is 10.0 Å². The molecule has 0 aliphatic rings. The summed E-state index contributed by atoms with van der Waals surface area (Å²) in [5.74, 6) is -0.579. The number of hydrogen-bond donors (Lipinski definition) is 1. The lowest BCUT2D eigenvalue weighted by atomic mass is 10.2. The standard InChI is InChI=1S/C10H13ClFNO2S/c1-7-3-4-9(12)5-10(7)16(14,15)13-6-8(2)11/h3-5,8,13H,6H2,1-2H3. The summed E-state index contributed by atoms with van der Waals surface area (Å²) in [7, 11) is -3.68. The fraction of sp³-hybridized carbons (Fsp3) is 0.400. The molecule has 0 amide bonds. The number of hydrogen-bond acceptors (Lipinski definition) is 2. The molecular formula is C10H13ClFNO2S. The Morgan fingerprint density at radius 1 is 1.50 bits per heavy atom. The highest BCUT2D eigenvalue weighted by Gasteiger charge is 2.17. The smallest absolute Gasteiger partial charge is 0.210 e. The molecule has 90 valence electrons. The van der Waals surface area contributed by atoms with E-state index in [2.05, 4.69) is 4.72 Å². The SMILES string of the molecule is Cc1ccc(F)cc1S(=O)(=O)NCC(C)Cl. The number of nitrogens with one attached hydrogen (secondary N) is 1. The van der Waals surface area contributed by atoms with Crippen molar-refractivity contribution in [3.05, 3.63) is 29.6 Å². The Labute approximate surface area is 99.7 Å². The average molecular weight is 266 g/mol. The normalized spacial score (nSPS) is 13.8. The summed E-state index contributed by atoms with van der Waals surface area (Å²) in [5, 5.41) is -0.316. The Morgan fingerprint density at radius 2 is 2.12 bits per heavy atom. The van der Waals surface area contributed by atoms with Gasteiger partial charge in [-0.25, -0.2) is 17.5 Å². The zero-order valence-electron chi connectivity index (χ0n) is 9.00. The maximum atomic E-state index is 13.0. The van der Waals surface area contributed by atoms with Crippen LogP contribution in [0.5, 0.6) is 0 Å². The molecular weight excluding hydrogens is 253 g/mol. The number of sulfonamides is 1. The highest BCUT2D eigenvalue weighted by atomic mass is 35.5.